The minimum Gasteiger partial charge on any atom is -0.297 e. The van der Waals surface area contributed by atoms with Crippen LogP contribution in [0.25, 0.3) is 0 Å². The Morgan fingerprint density at radius 3 is 2.17 bits per heavy atom. The van der Waals surface area contributed by atoms with E-state index in [2.05, 4.69) is 10.6 Å². The third-order valence-corrected chi connectivity index (χ3v) is 2.44. The highest BCUT2D eigenvalue weighted by Gasteiger charge is 2.43. The van der Waals surface area contributed by atoms with E-state index in [0.29, 0.717) is 0 Å². The van der Waals surface area contributed by atoms with Crippen LogP contribution in [-0.2, 0) is 0 Å². The van der Waals surface area contributed by atoms with Gasteiger partial charge in [0.1, 0.15) is 17.0 Å². The zero-order valence-electron chi connectivity index (χ0n) is 5.83. The fourth-order valence-electron chi connectivity index (χ4n) is 0.880. The summed E-state index contributed by atoms with van der Waals surface area (Å²) in [5.41, 5.74) is -1.56. The topological polar surface area (TPSA) is 24.1 Å². The molecule has 12 heavy (non-hydrogen) atoms. The molecule has 72 valence electrons. The fourth-order valence-corrected chi connectivity index (χ4v) is 1.28. The summed E-state index contributed by atoms with van der Waals surface area (Å²) in [5, 5.41) is 4.59. The van der Waals surface area contributed by atoms with Crippen molar-refractivity contribution in [2.75, 3.05) is 6.54 Å². The van der Waals surface area contributed by atoms with Crippen molar-refractivity contribution < 1.29 is 13.2 Å². The van der Waals surface area contributed by atoms with Crippen molar-refractivity contribution in [1.29, 1.82) is 0 Å². The molecule has 3 atom stereocenters. The highest BCUT2D eigenvalue weighted by molar-refractivity contribution is 6.29. The summed E-state index contributed by atoms with van der Waals surface area (Å²) in [4.78, 5) is 0. The molecule has 1 aliphatic heterocycles. The molecule has 0 radical (unpaired) electrons. The van der Waals surface area contributed by atoms with E-state index in [1.807, 2.05) is 0 Å². The molecule has 0 aliphatic carbocycles. The van der Waals surface area contributed by atoms with Crippen LogP contribution in [0.5, 0.6) is 0 Å². The summed E-state index contributed by atoms with van der Waals surface area (Å²) in [5.74, 6) is 0. The maximum atomic E-state index is 12.0. The Hall–Kier alpha value is 0.290. The first kappa shape index (κ1) is 10.4. The molecular weight excluding hydrogens is 216 g/mol. The molecule has 7 heteroatoms. The normalized spacial score (nSPS) is 38.2. The summed E-state index contributed by atoms with van der Waals surface area (Å²) in [7, 11) is 0. The van der Waals surface area contributed by atoms with Gasteiger partial charge in [0.2, 0.25) is 0 Å². The van der Waals surface area contributed by atoms with Gasteiger partial charge < -0.3 is 0 Å². The van der Waals surface area contributed by atoms with Gasteiger partial charge in [0.25, 0.3) is 0 Å². The summed E-state index contributed by atoms with van der Waals surface area (Å²) in [6.07, 6.45) is -4.28. The molecule has 1 saturated heterocycles. The van der Waals surface area contributed by atoms with Crippen molar-refractivity contribution >= 4 is 23.2 Å². The van der Waals surface area contributed by atoms with E-state index in [1.54, 1.807) is 0 Å². The van der Waals surface area contributed by atoms with E-state index >= 15 is 0 Å². The maximum Gasteiger partial charge on any atom is 0.405 e. The number of hydrogen-bond acceptors (Lipinski definition) is 2. The van der Waals surface area contributed by atoms with Crippen LogP contribution in [0.3, 0.4) is 0 Å². The van der Waals surface area contributed by atoms with Crippen LogP contribution >= 0.6 is 23.2 Å². The molecule has 0 aromatic heterocycles. The predicted molar refractivity (Wildman–Crippen MR) is 40.3 cm³/mol. The zero-order valence-corrected chi connectivity index (χ0v) is 7.34. The van der Waals surface area contributed by atoms with Gasteiger partial charge in [-0.05, 0) is 0 Å². The first-order chi connectivity index (χ1) is 5.41. The van der Waals surface area contributed by atoms with Crippen LogP contribution in [0, 0.1) is 0 Å². The number of alkyl halides is 5. The standard InChI is InChI=1S/C5H7Cl2F3N2/c6-3-4(7)12-2(1-11-3)5(8,9)10/h2-4,11-12H,1H2. The average Bonchev–Trinajstić information content (AvgIpc) is 1.92. The fraction of sp³-hybridized carbons (Fsp3) is 1.00. The number of hydrogen-bond donors (Lipinski definition) is 2. The van der Waals surface area contributed by atoms with Gasteiger partial charge in [-0.2, -0.15) is 13.2 Å². The minimum atomic E-state index is -4.28. The lowest BCUT2D eigenvalue weighted by molar-refractivity contribution is -0.158. The monoisotopic (exact) mass is 222 g/mol. The molecule has 1 aliphatic rings. The Bertz CT molecular complexity index is 163. The molecule has 1 heterocycles. The lowest BCUT2D eigenvalue weighted by Gasteiger charge is -2.32. The molecule has 1 fully saturated rings. The highest BCUT2D eigenvalue weighted by atomic mass is 35.5. The van der Waals surface area contributed by atoms with E-state index in [4.69, 9.17) is 23.2 Å². The number of halogens is 5. The third-order valence-electron chi connectivity index (χ3n) is 1.53. The van der Waals surface area contributed by atoms with Crippen LogP contribution in [0.4, 0.5) is 13.2 Å². The average molecular weight is 223 g/mol. The van der Waals surface area contributed by atoms with Gasteiger partial charge in [-0.1, -0.05) is 0 Å². The lowest BCUT2D eigenvalue weighted by atomic mass is 10.2. The van der Waals surface area contributed by atoms with Gasteiger partial charge in [0, 0.05) is 6.54 Å². The zero-order chi connectivity index (χ0) is 9.35. The van der Waals surface area contributed by atoms with E-state index in [9.17, 15) is 13.2 Å². The highest BCUT2D eigenvalue weighted by Crippen LogP contribution is 2.23. The first-order valence-electron chi connectivity index (χ1n) is 3.25. The quantitative estimate of drug-likeness (QED) is 0.476. The van der Waals surface area contributed by atoms with E-state index in [-0.39, 0.29) is 6.54 Å². The molecule has 0 saturated carbocycles. The number of nitrogens with one attached hydrogen (secondary N) is 2. The molecule has 0 aromatic carbocycles. The van der Waals surface area contributed by atoms with Crippen LogP contribution in [0.1, 0.15) is 0 Å². The van der Waals surface area contributed by atoms with Gasteiger partial charge in [0.05, 0.1) is 0 Å². The number of piperazine rings is 1. The van der Waals surface area contributed by atoms with Gasteiger partial charge in [-0.25, -0.2) is 0 Å². The van der Waals surface area contributed by atoms with Crippen molar-refractivity contribution in [2.45, 2.75) is 23.2 Å². The molecular formula is C5H7Cl2F3N2. The van der Waals surface area contributed by atoms with Gasteiger partial charge >= 0.3 is 6.18 Å². The Labute approximate surface area is 77.4 Å². The number of rotatable bonds is 0. The molecule has 3 unspecified atom stereocenters. The van der Waals surface area contributed by atoms with Crippen LogP contribution < -0.4 is 10.6 Å². The second kappa shape index (κ2) is 3.57. The smallest absolute Gasteiger partial charge is 0.297 e. The van der Waals surface area contributed by atoms with Crippen molar-refractivity contribution in [3.8, 4) is 0 Å². The first-order valence-corrected chi connectivity index (χ1v) is 4.13. The van der Waals surface area contributed by atoms with E-state index < -0.39 is 23.2 Å². The van der Waals surface area contributed by atoms with Crippen molar-refractivity contribution in [3.63, 3.8) is 0 Å². The Morgan fingerprint density at radius 2 is 1.75 bits per heavy atom. The van der Waals surface area contributed by atoms with Gasteiger partial charge in [-0.15, -0.1) is 23.2 Å². The summed E-state index contributed by atoms with van der Waals surface area (Å²) >= 11 is 11.0. The third kappa shape index (κ3) is 2.39. The molecule has 1 rings (SSSR count). The van der Waals surface area contributed by atoms with Gasteiger partial charge in [-0.3, -0.25) is 10.6 Å². The largest absolute Gasteiger partial charge is 0.405 e. The summed E-state index contributed by atoms with van der Waals surface area (Å²) in [6, 6.07) is -1.62. The molecule has 0 amide bonds. The Balaban J connectivity index is 2.51. The summed E-state index contributed by atoms with van der Waals surface area (Å²) < 4.78 is 36.1. The molecule has 2 nitrogen and oxygen atoms in total. The predicted octanol–water partition coefficient (Wildman–Crippen LogP) is 1.24. The van der Waals surface area contributed by atoms with Crippen molar-refractivity contribution in [2.24, 2.45) is 0 Å². The van der Waals surface area contributed by atoms with Crippen LogP contribution in [0.15, 0.2) is 0 Å². The maximum absolute atomic E-state index is 12.0. The van der Waals surface area contributed by atoms with Gasteiger partial charge in [0.15, 0.2) is 0 Å². The molecule has 2 N–H and O–H groups in total. The SMILES string of the molecule is FC(F)(F)C1CNC(Cl)C(Cl)N1. The second-order valence-electron chi connectivity index (χ2n) is 2.47. The molecule has 0 bridgehead atoms. The summed E-state index contributed by atoms with van der Waals surface area (Å²) in [6.45, 7) is -0.249. The Kier molecular flexibility index (Phi) is 3.09. The Morgan fingerprint density at radius 1 is 1.17 bits per heavy atom. The second-order valence-corrected chi connectivity index (χ2v) is 3.41. The van der Waals surface area contributed by atoms with E-state index in [0.717, 1.165) is 0 Å². The van der Waals surface area contributed by atoms with Crippen LogP contribution in [-0.4, -0.2) is 29.8 Å². The van der Waals surface area contributed by atoms with Crippen molar-refractivity contribution in [3.05, 3.63) is 0 Å². The minimum absolute atomic E-state index is 0.249. The van der Waals surface area contributed by atoms with Crippen LogP contribution in [0.2, 0.25) is 0 Å². The molecule has 0 aromatic rings. The van der Waals surface area contributed by atoms with Crippen molar-refractivity contribution in [1.82, 2.24) is 10.6 Å². The molecule has 0 spiro atoms. The lowest BCUT2D eigenvalue weighted by Crippen LogP contribution is -2.61. The van der Waals surface area contributed by atoms with E-state index in [1.165, 1.54) is 0 Å².